The molecule has 7 unspecified atom stereocenters. The lowest BCUT2D eigenvalue weighted by Crippen LogP contribution is -2.63. The van der Waals surface area contributed by atoms with E-state index in [0.717, 1.165) is 16.5 Å². The number of amides is 8. The number of primary amides is 2. The topological polar surface area (TPSA) is 305 Å². The average Bonchev–Trinajstić information content (AvgIpc) is 3.92. The number of hydrogen-bond acceptors (Lipinski definition) is 12. The summed E-state index contributed by atoms with van der Waals surface area (Å²) in [6, 6.07) is -0.736. The molecule has 19 nitrogen and oxygen atoms in total. The van der Waals surface area contributed by atoms with Gasteiger partial charge in [-0.1, -0.05) is 60.1 Å². The first kappa shape index (κ1) is 51.0. The van der Waals surface area contributed by atoms with Gasteiger partial charge in [0.2, 0.25) is 47.3 Å². The number of aromatic amines is 1. The average molecular weight is 960 g/mol. The van der Waals surface area contributed by atoms with E-state index in [1.807, 2.05) is 24.3 Å². The smallest absolute Gasteiger partial charge is 0.326 e. The number of aliphatic carboxylic acids is 1. The van der Waals surface area contributed by atoms with E-state index in [-0.39, 0.29) is 38.6 Å². The lowest BCUT2D eigenvalue weighted by Gasteiger charge is -2.41. The highest BCUT2D eigenvalue weighted by molar-refractivity contribution is 8.77. The van der Waals surface area contributed by atoms with Crippen LogP contribution in [0.2, 0.25) is 0 Å². The fraction of sp³-hybridized carbons (Fsp3) is 0.605. The molecule has 0 radical (unpaired) electrons. The van der Waals surface area contributed by atoms with Crippen molar-refractivity contribution < 1.29 is 48.3 Å². The highest BCUT2D eigenvalue weighted by atomic mass is 33.1. The monoisotopic (exact) mass is 959 g/mol. The van der Waals surface area contributed by atoms with Crippen LogP contribution in [0.1, 0.15) is 91.0 Å². The van der Waals surface area contributed by atoms with E-state index in [4.69, 9.17) is 11.5 Å². The number of thioether (sulfide) groups is 1. The molecule has 356 valence electrons. The van der Waals surface area contributed by atoms with Gasteiger partial charge in [0.25, 0.3) is 0 Å². The summed E-state index contributed by atoms with van der Waals surface area (Å²) < 4.78 is -1.93. The molecule has 0 saturated carbocycles. The molecule has 11 N–H and O–H groups in total. The van der Waals surface area contributed by atoms with E-state index in [1.165, 1.54) is 26.5 Å². The van der Waals surface area contributed by atoms with Crippen molar-refractivity contribution in [3.05, 3.63) is 36.0 Å². The van der Waals surface area contributed by atoms with Crippen LogP contribution in [0.4, 0.5) is 0 Å². The number of hydrogen-bond donors (Lipinski definition) is 9. The predicted molar refractivity (Wildman–Crippen MR) is 249 cm³/mol. The second-order valence-corrected chi connectivity index (χ2v) is 22.0. The molecule has 2 aromatic rings. The Bertz CT molecular complexity index is 2130. The Balaban J connectivity index is 1.60. The third kappa shape index (κ3) is 13.3. The second-order valence-electron chi connectivity index (χ2n) is 17.6. The van der Waals surface area contributed by atoms with Crippen molar-refractivity contribution in [2.75, 3.05) is 18.1 Å². The first-order valence-corrected chi connectivity index (χ1v) is 25.1. The van der Waals surface area contributed by atoms with Crippen molar-refractivity contribution in [1.82, 2.24) is 36.5 Å². The number of para-hydroxylation sites is 1. The number of rotatable bonds is 11. The van der Waals surface area contributed by atoms with Gasteiger partial charge < -0.3 is 53.0 Å². The summed E-state index contributed by atoms with van der Waals surface area (Å²) in [4.78, 5) is 127. The number of nitrogens with zero attached hydrogens (tertiary/aromatic N) is 1. The van der Waals surface area contributed by atoms with Crippen LogP contribution >= 0.6 is 33.3 Å². The number of carboxylic acids is 1. The first-order valence-electron chi connectivity index (χ1n) is 21.8. The zero-order chi connectivity index (χ0) is 47.6. The minimum atomic E-state index is -1.70. The van der Waals surface area contributed by atoms with Crippen LogP contribution in [-0.4, -0.2) is 132 Å². The summed E-state index contributed by atoms with van der Waals surface area (Å²) >= 11 is 1.73. The molecule has 22 heteroatoms. The zero-order valence-electron chi connectivity index (χ0n) is 37.1. The summed E-state index contributed by atoms with van der Waals surface area (Å²) in [6.45, 7) is 7.03. The maximum atomic E-state index is 14.6. The molecule has 0 aliphatic carbocycles. The third-order valence-corrected chi connectivity index (χ3v) is 17.5. The van der Waals surface area contributed by atoms with Gasteiger partial charge in [0.1, 0.15) is 36.3 Å². The number of nitrogens with two attached hydrogens (primary N) is 2. The maximum absolute atomic E-state index is 14.6. The van der Waals surface area contributed by atoms with Crippen LogP contribution in [0.25, 0.3) is 10.9 Å². The van der Waals surface area contributed by atoms with Crippen molar-refractivity contribution in [3.8, 4) is 0 Å². The largest absolute Gasteiger partial charge is 0.480 e. The summed E-state index contributed by atoms with van der Waals surface area (Å²) in [6.07, 6.45) is 2.47. The van der Waals surface area contributed by atoms with E-state index in [1.54, 1.807) is 45.7 Å². The Morgan fingerprint density at radius 1 is 0.862 bits per heavy atom. The molecule has 3 fully saturated rings. The number of fused-ring (bicyclic) bond motifs is 1. The maximum Gasteiger partial charge on any atom is 0.326 e. The van der Waals surface area contributed by atoms with Gasteiger partial charge in [-0.3, -0.25) is 38.4 Å². The van der Waals surface area contributed by atoms with Gasteiger partial charge >= 0.3 is 5.97 Å². The molecular formula is C43H61N9O10S3. The molecule has 65 heavy (non-hydrogen) atoms. The van der Waals surface area contributed by atoms with Gasteiger partial charge in [0.05, 0.1) is 6.42 Å². The van der Waals surface area contributed by atoms with Crippen molar-refractivity contribution in [2.24, 2.45) is 17.4 Å². The number of benzene rings is 1. The molecule has 1 aromatic heterocycles. The number of likely N-dealkylation sites (tertiary alicyclic amines) is 1. The predicted octanol–water partition coefficient (Wildman–Crippen LogP) is 1.23. The molecule has 1 spiro atoms. The van der Waals surface area contributed by atoms with Gasteiger partial charge in [-0.05, 0) is 75.0 Å². The molecule has 5 rings (SSSR count). The Morgan fingerprint density at radius 2 is 1.52 bits per heavy atom. The van der Waals surface area contributed by atoms with Crippen LogP contribution in [0.15, 0.2) is 30.5 Å². The summed E-state index contributed by atoms with van der Waals surface area (Å²) in [5, 5.41) is 24.5. The number of aromatic nitrogens is 1. The second kappa shape index (κ2) is 22.5. The van der Waals surface area contributed by atoms with Crippen LogP contribution in [0.3, 0.4) is 0 Å². The van der Waals surface area contributed by atoms with E-state index in [9.17, 15) is 48.3 Å². The SMILES string of the molecule is CCC(C)C1NC(=O)C(Cc2c[nH]c3ccccc23)NC(=O)CC2(CCSCC2)SSC(C)(C)C(C(=O)N2CCCC2C(=O)O)NC(=O)C(CC(N)=O)NC(=O)C(CCC(N)=O)NC1=O. The molecule has 3 saturated heterocycles. The fourth-order valence-electron chi connectivity index (χ4n) is 8.23. The minimum absolute atomic E-state index is 0.0271. The first-order chi connectivity index (χ1) is 30.7. The van der Waals surface area contributed by atoms with Crippen molar-refractivity contribution in [3.63, 3.8) is 0 Å². The molecule has 7 atom stereocenters. The summed E-state index contributed by atoms with van der Waals surface area (Å²) in [5.74, 6) is -6.68. The van der Waals surface area contributed by atoms with Crippen molar-refractivity contribution >= 4 is 97.5 Å². The molecule has 1 aromatic carbocycles. The minimum Gasteiger partial charge on any atom is -0.480 e. The van der Waals surface area contributed by atoms with Crippen LogP contribution in [-0.2, 0) is 49.6 Å². The van der Waals surface area contributed by atoms with E-state index < -0.39 is 111 Å². The highest BCUT2D eigenvalue weighted by Gasteiger charge is 2.47. The Hall–Kier alpha value is -4.96. The van der Waals surface area contributed by atoms with Crippen molar-refractivity contribution in [2.45, 2.75) is 138 Å². The zero-order valence-corrected chi connectivity index (χ0v) is 39.5. The van der Waals surface area contributed by atoms with Crippen LogP contribution < -0.4 is 38.1 Å². The Labute approximate surface area is 389 Å². The number of carbonyl (C=O) groups is 9. The summed E-state index contributed by atoms with van der Waals surface area (Å²) in [5.41, 5.74) is 12.6. The highest BCUT2D eigenvalue weighted by Crippen LogP contribution is 2.52. The molecule has 0 bridgehead atoms. The lowest BCUT2D eigenvalue weighted by atomic mass is 9.95. The number of H-pyrrole nitrogens is 1. The Morgan fingerprint density at radius 3 is 2.18 bits per heavy atom. The summed E-state index contributed by atoms with van der Waals surface area (Å²) in [7, 11) is 2.62. The molecule has 3 aliphatic heterocycles. The normalized spacial score (nSPS) is 26.5. The quantitative estimate of drug-likeness (QED) is 0.143. The van der Waals surface area contributed by atoms with Gasteiger partial charge in [-0.25, -0.2) is 4.79 Å². The van der Waals surface area contributed by atoms with Gasteiger partial charge in [0, 0.05) is 52.4 Å². The number of carboxylic acid groups (broad SMARTS) is 1. The fourth-order valence-corrected chi connectivity index (χ4v) is 13.1. The Kier molecular flexibility index (Phi) is 17.7. The third-order valence-electron chi connectivity index (χ3n) is 12.3. The number of nitrogens with one attached hydrogen (secondary N) is 6. The van der Waals surface area contributed by atoms with E-state index in [2.05, 4.69) is 31.6 Å². The van der Waals surface area contributed by atoms with Gasteiger partial charge in [0.15, 0.2) is 0 Å². The standard InChI is InChI=1S/C43H61N9O10S3/c1-5-23(2)34-39(59)48-27(12-13-31(44)53)36(56)49-29(20-32(45)54)38(58)51-35(40(60)52-16-8-11-30(52)41(61)62)42(3,4)64-65-43(14-17-63-18-15-43)21-33(55)47-28(37(57)50-34)19-24-22-46-26-10-7-6-9-25(24)26/h6-7,9-10,22-23,27-30,34-35,46H,5,8,11-21H2,1-4H3,(H2,44,53)(H2,45,54)(H,47,55)(H,48,59)(H,49,56)(H,50,57)(H,51,58)(H,61,62). The van der Waals surface area contributed by atoms with Crippen LogP contribution in [0, 0.1) is 5.92 Å². The molecule has 8 amide bonds. The molecule has 4 heterocycles. The van der Waals surface area contributed by atoms with Gasteiger partial charge in [-0.15, -0.1) is 0 Å². The number of carbonyl (C=O) groups excluding carboxylic acids is 8. The van der Waals surface area contributed by atoms with E-state index in [0.29, 0.717) is 37.2 Å². The molecular weight excluding hydrogens is 899 g/mol. The van der Waals surface area contributed by atoms with Gasteiger partial charge in [-0.2, -0.15) is 11.8 Å². The molecule has 3 aliphatic rings. The van der Waals surface area contributed by atoms with E-state index >= 15 is 0 Å². The van der Waals surface area contributed by atoms with Crippen molar-refractivity contribution in [1.29, 1.82) is 0 Å². The van der Waals surface area contributed by atoms with Crippen LogP contribution in [0.5, 0.6) is 0 Å². The lowest BCUT2D eigenvalue weighted by molar-refractivity contribution is -0.149.